The Morgan fingerprint density at radius 3 is 1.88 bits per heavy atom. The van der Waals surface area contributed by atoms with Crippen molar-refractivity contribution < 1.29 is 47.2 Å². The minimum atomic E-state index is -4.40. The summed E-state index contributed by atoms with van der Waals surface area (Å²) in [4.78, 5) is 35.3. The molecule has 0 aliphatic heterocycles. The van der Waals surface area contributed by atoms with Gasteiger partial charge in [0.05, 0.1) is 33.9 Å². The van der Waals surface area contributed by atoms with E-state index in [1.165, 1.54) is 44.9 Å². The fraction of sp³-hybridized carbons (Fsp3) is 0.696. The second-order valence-corrected chi connectivity index (χ2v) is 17.0. The molecular formula is C46H81NO9P+. The monoisotopic (exact) mass is 823 g/mol. The van der Waals surface area contributed by atoms with Crippen molar-refractivity contribution in [1.29, 1.82) is 0 Å². The van der Waals surface area contributed by atoms with Crippen molar-refractivity contribution in [3.8, 4) is 0 Å². The third kappa shape index (κ3) is 41.4. The molecule has 0 bridgehead atoms. The van der Waals surface area contributed by atoms with E-state index in [9.17, 15) is 24.2 Å². The summed E-state index contributed by atoms with van der Waals surface area (Å²) in [5.74, 6) is -0.907. The summed E-state index contributed by atoms with van der Waals surface area (Å²) in [5, 5.41) is 9.77. The van der Waals surface area contributed by atoms with Crippen LogP contribution >= 0.6 is 7.82 Å². The van der Waals surface area contributed by atoms with Crippen molar-refractivity contribution >= 4 is 19.8 Å². The summed E-state index contributed by atoms with van der Waals surface area (Å²) in [6.07, 6.45) is 43.0. The Kier molecular flexibility index (Phi) is 36.0. The molecule has 0 fully saturated rings. The molecule has 0 aromatic carbocycles. The zero-order valence-corrected chi connectivity index (χ0v) is 37.3. The number of allylic oxidation sites excluding steroid dienone is 10. The molecule has 0 amide bonds. The van der Waals surface area contributed by atoms with Gasteiger partial charge in [0, 0.05) is 12.8 Å². The highest BCUT2D eigenvalue weighted by Crippen LogP contribution is 2.43. The number of aliphatic hydroxyl groups is 1. The lowest BCUT2D eigenvalue weighted by Crippen LogP contribution is -2.37. The molecule has 0 aliphatic carbocycles. The van der Waals surface area contributed by atoms with E-state index >= 15 is 0 Å². The second kappa shape index (κ2) is 37.7. The van der Waals surface area contributed by atoms with E-state index in [-0.39, 0.29) is 26.1 Å². The summed E-state index contributed by atoms with van der Waals surface area (Å²) in [6, 6.07) is 0. The second-order valence-electron chi connectivity index (χ2n) is 15.5. The van der Waals surface area contributed by atoms with Gasteiger partial charge < -0.3 is 24.0 Å². The Morgan fingerprint density at radius 2 is 1.21 bits per heavy atom. The fourth-order valence-electron chi connectivity index (χ4n) is 5.36. The van der Waals surface area contributed by atoms with E-state index in [0.717, 1.165) is 51.4 Å². The van der Waals surface area contributed by atoms with Crippen LogP contribution in [0.2, 0.25) is 0 Å². The number of nitrogens with zero attached hydrogens (tertiary/aromatic N) is 1. The minimum absolute atomic E-state index is 0.0108. The lowest BCUT2D eigenvalue weighted by molar-refractivity contribution is -0.870. The van der Waals surface area contributed by atoms with Crippen LogP contribution in [0.5, 0.6) is 0 Å². The number of carbonyl (C=O) groups is 2. The first-order valence-electron chi connectivity index (χ1n) is 21.8. The number of carbonyl (C=O) groups excluding carboxylic acids is 2. The van der Waals surface area contributed by atoms with Gasteiger partial charge in [0.25, 0.3) is 0 Å². The summed E-state index contributed by atoms with van der Waals surface area (Å²) in [5.41, 5.74) is 0. The normalized spacial score (nSPS) is 14.9. The number of aliphatic hydroxyl groups excluding tert-OH is 1. The van der Waals surface area contributed by atoms with Gasteiger partial charge in [-0.25, -0.2) is 4.57 Å². The summed E-state index contributed by atoms with van der Waals surface area (Å²) in [6.45, 7) is 4.07. The predicted molar refractivity (Wildman–Crippen MR) is 235 cm³/mol. The minimum Gasteiger partial charge on any atom is -0.462 e. The van der Waals surface area contributed by atoms with E-state index in [2.05, 4.69) is 43.4 Å². The lowest BCUT2D eigenvalue weighted by Gasteiger charge is -2.24. The Bertz CT molecular complexity index is 1220. The molecule has 0 aromatic rings. The van der Waals surface area contributed by atoms with Gasteiger partial charge in [-0.2, -0.15) is 0 Å². The van der Waals surface area contributed by atoms with Gasteiger partial charge in [-0.05, 0) is 70.6 Å². The van der Waals surface area contributed by atoms with Crippen LogP contribution in [0.25, 0.3) is 0 Å². The number of hydrogen-bond acceptors (Lipinski definition) is 8. The third-order valence-corrected chi connectivity index (χ3v) is 9.78. The molecule has 2 N–H and O–H groups in total. The Morgan fingerprint density at radius 1 is 0.649 bits per heavy atom. The van der Waals surface area contributed by atoms with Crippen LogP contribution in [-0.2, 0) is 32.7 Å². The third-order valence-electron chi connectivity index (χ3n) is 8.80. The van der Waals surface area contributed by atoms with Gasteiger partial charge in [-0.3, -0.25) is 18.6 Å². The van der Waals surface area contributed by atoms with Crippen LogP contribution < -0.4 is 0 Å². The van der Waals surface area contributed by atoms with Crippen LogP contribution in [0, 0.1) is 0 Å². The highest BCUT2D eigenvalue weighted by atomic mass is 31.2. The topological polar surface area (TPSA) is 129 Å². The van der Waals surface area contributed by atoms with Crippen molar-refractivity contribution in [3.05, 3.63) is 72.9 Å². The van der Waals surface area contributed by atoms with Crippen molar-refractivity contribution in [2.24, 2.45) is 0 Å². The highest BCUT2D eigenvalue weighted by molar-refractivity contribution is 7.47. The van der Waals surface area contributed by atoms with E-state index < -0.39 is 38.6 Å². The number of phosphoric ester groups is 1. The van der Waals surface area contributed by atoms with Crippen LogP contribution in [0.3, 0.4) is 0 Å². The molecule has 0 aromatic heterocycles. The van der Waals surface area contributed by atoms with E-state index in [0.29, 0.717) is 36.7 Å². The van der Waals surface area contributed by atoms with Gasteiger partial charge in [0.1, 0.15) is 19.8 Å². The zero-order chi connectivity index (χ0) is 42.3. The Balaban J connectivity index is 4.52. The number of quaternary nitrogens is 1. The van der Waals surface area contributed by atoms with Crippen molar-refractivity contribution in [3.63, 3.8) is 0 Å². The molecule has 2 unspecified atom stereocenters. The molecule has 0 spiro atoms. The molecule has 11 heteroatoms. The molecule has 10 nitrogen and oxygen atoms in total. The Hall–Kier alpha value is -2.59. The van der Waals surface area contributed by atoms with E-state index in [4.69, 9.17) is 18.5 Å². The summed E-state index contributed by atoms with van der Waals surface area (Å²) in [7, 11) is 1.40. The van der Waals surface area contributed by atoms with Crippen LogP contribution in [0.1, 0.15) is 149 Å². The van der Waals surface area contributed by atoms with Crippen LogP contribution in [0.15, 0.2) is 72.9 Å². The first-order valence-corrected chi connectivity index (χ1v) is 23.3. The summed E-state index contributed by atoms with van der Waals surface area (Å²) >= 11 is 0. The van der Waals surface area contributed by atoms with Gasteiger partial charge >= 0.3 is 19.8 Å². The van der Waals surface area contributed by atoms with Crippen LogP contribution in [0.4, 0.5) is 0 Å². The molecule has 0 saturated heterocycles. The van der Waals surface area contributed by atoms with E-state index in [1.807, 2.05) is 64.5 Å². The molecule has 0 saturated carbocycles. The number of likely N-dealkylation sites (N-methyl/N-ethyl adjacent to an activating group) is 1. The molecule has 0 rings (SSSR count). The van der Waals surface area contributed by atoms with Gasteiger partial charge in [0.15, 0.2) is 6.10 Å². The SMILES string of the molecule is CC/C=C\C(O)C/C=C/C=C\C/C=C\C/C=C\CCCC(=O)OC[C@H](COP(=O)(O)OCC[N+](C)(C)C)OC(=O)CCCCCCC/C=C\CCCCCCCC. The Labute approximate surface area is 347 Å². The number of rotatable bonds is 38. The van der Waals surface area contributed by atoms with Crippen LogP contribution in [-0.4, -0.2) is 86.1 Å². The van der Waals surface area contributed by atoms with Gasteiger partial charge in [-0.1, -0.05) is 138 Å². The smallest absolute Gasteiger partial charge is 0.462 e. The fourth-order valence-corrected chi connectivity index (χ4v) is 6.10. The quantitative estimate of drug-likeness (QED) is 0.0156. The number of ether oxygens (including phenoxy) is 2. The maximum absolute atomic E-state index is 12.7. The average molecular weight is 823 g/mol. The highest BCUT2D eigenvalue weighted by Gasteiger charge is 2.27. The average Bonchev–Trinajstić information content (AvgIpc) is 3.16. The predicted octanol–water partition coefficient (Wildman–Crippen LogP) is 11.2. The molecule has 328 valence electrons. The largest absolute Gasteiger partial charge is 0.472 e. The molecule has 3 atom stereocenters. The zero-order valence-electron chi connectivity index (χ0n) is 36.4. The summed E-state index contributed by atoms with van der Waals surface area (Å²) < 4.78 is 34.2. The first kappa shape index (κ1) is 54.4. The van der Waals surface area contributed by atoms with Crippen molar-refractivity contribution in [1.82, 2.24) is 0 Å². The molecular weight excluding hydrogens is 741 g/mol. The number of phosphoric acid groups is 1. The lowest BCUT2D eigenvalue weighted by atomic mass is 10.1. The van der Waals surface area contributed by atoms with E-state index in [1.54, 1.807) is 0 Å². The molecule has 0 radical (unpaired) electrons. The number of unbranched alkanes of at least 4 members (excludes halogenated alkanes) is 12. The maximum Gasteiger partial charge on any atom is 0.472 e. The molecule has 57 heavy (non-hydrogen) atoms. The maximum atomic E-state index is 12.7. The number of esters is 2. The van der Waals surface area contributed by atoms with Gasteiger partial charge in [-0.15, -0.1) is 0 Å². The first-order chi connectivity index (χ1) is 27.4. The van der Waals surface area contributed by atoms with Gasteiger partial charge in [0.2, 0.25) is 0 Å². The van der Waals surface area contributed by atoms with Crippen molar-refractivity contribution in [2.45, 2.75) is 161 Å². The molecule has 0 aliphatic rings. The van der Waals surface area contributed by atoms with Crippen molar-refractivity contribution in [2.75, 3.05) is 47.5 Å². The standard InChI is InChI=1S/C46H80NO9P/c1-6-8-10-11-12-13-14-15-16-17-22-25-28-31-34-38-46(50)56-44(42-55-57(51,52)54-40-39-47(3,4)5)41-53-45(49)37-33-30-27-24-21-19-18-20-23-26-29-32-36-43(48)35-9-7-2/h9,15-16,18-19,23-24,26-27,29,32,35,43-44,48H,6-8,10-14,17,20-22,25,28,30-31,33-34,36-42H2,1-5H3/p+1/b16-15-,19-18-,26-23-,27-24-,32-29+,35-9-/t43?,44-/m1/s1. The number of hydrogen-bond donors (Lipinski definition) is 2. The molecule has 0 heterocycles.